The molecule has 0 unspecified atom stereocenters. The molecule has 0 aromatic heterocycles. The number of hydrogen-bond donors (Lipinski definition) is 5. The average Bonchev–Trinajstić information content (AvgIpc) is 2.14. The molecule has 0 aliphatic carbocycles. The Bertz CT molecular complexity index is 381. The molecule has 0 aliphatic heterocycles. The van der Waals surface area contributed by atoms with Crippen LogP contribution < -0.4 is 11.1 Å². The lowest BCUT2D eigenvalue weighted by atomic mass is 10.3. The molecule has 0 saturated heterocycles. The zero-order valence-electron chi connectivity index (χ0n) is 8.37. The van der Waals surface area contributed by atoms with Gasteiger partial charge in [-0.1, -0.05) is 0 Å². The van der Waals surface area contributed by atoms with E-state index in [-0.39, 0.29) is 5.75 Å². The fourth-order valence-electron chi connectivity index (χ4n) is 0.796. The molecule has 1 aromatic rings. The van der Waals surface area contributed by atoms with E-state index in [1.165, 1.54) is 0 Å². The standard InChI is InChI=1S/C8H12N2O.H2O4S/c9-5-6-10-7-1-3-8(11)4-2-7;1-5(2,3)4/h1-4,10-11H,5-6,9H2;(H2,1,2,3,4). The summed E-state index contributed by atoms with van der Waals surface area (Å²) in [4.78, 5) is 0. The van der Waals surface area contributed by atoms with Crippen molar-refractivity contribution in [2.24, 2.45) is 5.73 Å². The van der Waals surface area contributed by atoms with Gasteiger partial charge >= 0.3 is 10.4 Å². The summed E-state index contributed by atoms with van der Waals surface area (Å²) >= 11 is 0. The molecule has 0 spiro atoms. The maximum absolute atomic E-state index is 8.93. The minimum Gasteiger partial charge on any atom is -0.508 e. The van der Waals surface area contributed by atoms with Gasteiger partial charge in [-0.25, -0.2) is 0 Å². The first kappa shape index (κ1) is 14.6. The van der Waals surface area contributed by atoms with E-state index in [2.05, 4.69) is 5.32 Å². The quantitative estimate of drug-likeness (QED) is 0.380. The molecule has 0 aliphatic rings. The van der Waals surface area contributed by atoms with Gasteiger partial charge in [0.25, 0.3) is 0 Å². The van der Waals surface area contributed by atoms with Crippen molar-refractivity contribution in [3.63, 3.8) is 0 Å². The van der Waals surface area contributed by atoms with Crippen LogP contribution in [0.4, 0.5) is 5.69 Å². The number of anilines is 1. The highest BCUT2D eigenvalue weighted by molar-refractivity contribution is 7.79. The van der Waals surface area contributed by atoms with Crippen molar-refractivity contribution in [3.05, 3.63) is 24.3 Å². The first-order chi connectivity index (χ1) is 7.33. The van der Waals surface area contributed by atoms with Gasteiger partial charge in [0.2, 0.25) is 0 Å². The second-order valence-corrected chi connectivity index (χ2v) is 3.61. The van der Waals surface area contributed by atoms with Crippen molar-refractivity contribution in [2.45, 2.75) is 0 Å². The summed E-state index contributed by atoms with van der Waals surface area (Å²) in [5.41, 5.74) is 6.27. The third kappa shape index (κ3) is 10.7. The molecule has 1 aromatic carbocycles. The Morgan fingerprint density at radius 1 is 1.19 bits per heavy atom. The molecule has 0 atom stereocenters. The lowest BCUT2D eigenvalue weighted by molar-refractivity contribution is 0.381. The summed E-state index contributed by atoms with van der Waals surface area (Å²) in [6.07, 6.45) is 0. The predicted molar refractivity (Wildman–Crippen MR) is 59.8 cm³/mol. The third-order valence-electron chi connectivity index (χ3n) is 1.34. The Balaban J connectivity index is 0.000000385. The summed E-state index contributed by atoms with van der Waals surface area (Å²) in [6.45, 7) is 1.37. The molecule has 0 amide bonds. The van der Waals surface area contributed by atoms with E-state index in [0.717, 1.165) is 12.2 Å². The normalized spacial score (nSPS) is 10.2. The maximum Gasteiger partial charge on any atom is 0.394 e. The molecule has 1 rings (SSSR count). The van der Waals surface area contributed by atoms with Crippen molar-refractivity contribution in [1.82, 2.24) is 0 Å². The molecular formula is C8H14N2O5S. The number of phenolic OH excluding ortho intramolecular Hbond substituents is 1. The van der Waals surface area contributed by atoms with E-state index in [9.17, 15) is 0 Å². The van der Waals surface area contributed by atoms with Crippen LogP contribution in [0.5, 0.6) is 5.75 Å². The van der Waals surface area contributed by atoms with E-state index >= 15 is 0 Å². The molecule has 0 bridgehead atoms. The van der Waals surface area contributed by atoms with Crippen molar-refractivity contribution in [3.8, 4) is 5.75 Å². The van der Waals surface area contributed by atoms with Gasteiger partial charge in [-0.15, -0.1) is 0 Å². The first-order valence-corrected chi connectivity index (χ1v) is 5.65. The molecule has 0 heterocycles. The number of rotatable bonds is 3. The van der Waals surface area contributed by atoms with Crippen LogP contribution >= 0.6 is 0 Å². The minimum absolute atomic E-state index is 0.281. The number of hydrogen-bond acceptors (Lipinski definition) is 5. The Labute approximate surface area is 93.5 Å². The van der Waals surface area contributed by atoms with Crippen LogP contribution in [0, 0.1) is 0 Å². The Morgan fingerprint density at radius 3 is 2.00 bits per heavy atom. The van der Waals surface area contributed by atoms with Crippen LogP contribution in [0.15, 0.2) is 24.3 Å². The smallest absolute Gasteiger partial charge is 0.394 e. The van der Waals surface area contributed by atoms with Crippen LogP contribution in [0.1, 0.15) is 0 Å². The van der Waals surface area contributed by atoms with E-state index < -0.39 is 10.4 Å². The summed E-state index contributed by atoms with van der Waals surface area (Å²) in [6, 6.07) is 6.90. The highest BCUT2D eigenvalue weighted by atomic mass is 32.3. The molecular weight excluding hydrogens is 236 g/mol. The third-order valence-corrected chi connectivity index (χ3v) is 1.34. The average molecular weight is 250 g/mol. The number of benzene rings is 1. The highest BCUT2D eigenvalue weighted by Crippen LogP contribution is 2.12. The van der Waals surface area contributed by atoms with Crippen LogP contribution in [-0.2, 0) is 10.4 Å². The monoisotopic (exact) mass is 250 g/mol. The highest BCUT2D eigenvalue weighted by Gasteiger charge is 1.89. The first-order valence-electron chi connectivity index (χ1n) is 4.26. The topological polar surface area (TPSA) is 133 Å². The minimum atomic E-state index is -4.67. The molecule has 0 saturated carbocycles. The van der Waals surface area contributed by atoms with Gasteiger partial charge in [0.1, 0.15) is 5.75 Å². The van der Waals surface area contributed by atoms with Crippen LogP contribution in [0.25, 0.3) is 0 Å². The largest absolute Gasteiger partial charge is 0.508 e. The molecule has 16 heavy (non-hydrogen) atoms. The van der Waals surface area contributed by atoms with Crippen molar-refractivity contribution in [2.75, 3.05) is 18.4 Å². The van der Waals surface area contributed by atoms with E-state index in [1.54, 1.807) is 12.1 Å². The summed E-state index contributed by atoms with van der Waals surface area (Å²) in [5, 5.41) is 12.0. The lowest BCUT2D eigenvalue weighted by Gasteiger charge is -2.03. The van der Waals surface area contributed by atoms with E-state index in [4.69, 9.17) is 28.4 Å². The molecule has 7 nitrogen and oxygen atoms in total. The van der Waals surface area contributed by atoms with E-state index in [1.807, 2.05) is 12.1 Å². The number of aromatic hydroxyl groups is 1. The molecule has 0 radical (unpaired) electrons. The Hall–Kier alpha value is -1.35. The van der Waals surface area contributed by atoms with Crippen molar-refractivity contribution >= 4 is 16.1 Å². The molecule has 0 fully saturated rings. The molecule has 92 valence electrons. The second kappa shape index (κ2) is 7.01. The van der Waals surface area contributed by atoms with Gasteiger partial charge in [0, 0.05) is 18.8 Å². The fourth-order valence-corrected chi connectivity index (χ4v) is 0.796. The van der Waals surface area contributed by atoms with Gasteiger partial charge in [-0.2, -0.15) is 8.42 Å². The number of nitrogens with two attached hydrogens (primary N) is 1. The Morgan fingerprint density at radius 2 is 1.62 bits per heavy atom. The molecule has 8 heteroatoms. The van der Waals surface area contributed by atoms with E-state index in [0.29, 0.717) is 6.54 Å². The van der Waals surface area contributed by atoms with Gasteiger partial charge in [-0.05, 0) is 24.3 Å². The zero-order chi connectivity index (χ0) is 12.6. The summed E-state index contributed by atoms with van der Waals surface area (Å²) in [7, 11) is -4.67. The Kier molecular flexibility index (Phi) is 6.42. The lowest BCUT2D eigenvalue weighted by Crippen LogP contribution is -2.12. The maximum atomic E-state index is 8.93. The van der Waals surface area contributed by atoms with Gasteiger partial charge in [0.05, 0.1) is 0 Å². The van der Waals surface area contributed by atoms with Crippen LogP contribution in [0.2, 0.25) is 0 Å². The summed E-state index contributed by atoms with van der Waals surface area (Å²) < 4.78 is 31.6. The second-order valence-electron chi connectivity index (χ2n) is 2.71. The van der Waals surface area contributed by atoms with Crippen LogP contribution in [-0.4, -0.2) is 35.7 Å². The fraction of sp³-hybridized carbons (Fsp3) is 0.250. The van der Waals surface area contributed by atoms with Gasteiger partial charge < -0.3 is 16.2 Å². The number of phenols is 1. The van der Waals surface area contributed by atoms with Crippen LogP contribution in [0.3, 0.4) is 0 Å². The SMILES string of the molecule is NCCNc1ccc(O)cc1.O=S(=O)(O)O. The van der Waals surface area contributed by atoms with Gasteiger partial charge in [0.15, 0.2) is 0 Å². The predicted octanol–water partition coefficient (Wildman–Crippen LogP) is 0.110. The molecule has 6 N–H and O–H groups in total. The summed E-state index contributed by atoms with van der Waals surface area (Å²) in [5.74, 6) is 0.281. The van der Waals surface area contributed by atoms with Crippen molar-refractivity contribution in [1.29, 1.82) is 0 Å². The van der Waals surface area contributed by atoms with Gasteiger partial charge in [-0.3, -0.25) is 9.11 Å². The van der Waals surface area contributed by atoms with Crippen molar-refractivity contribution < 1.29 is 22.6 Å². The number of nitrogens with one attached hydrogen (secondary N) is 1. The zero-order valence-corrected chi connectivity index (χ0v) is 9.18.